The number of ether oxygens (including phenoxy) is 1. The number of para-hydroxylation sites is 3. The highest BCUT2D eigenvalue weighted by molar-refractivity contribution is 6.23. The lowest BCUT2D eigenvalue weighted by atomic mass is 9.90. The molecule has 2 saturated heterocycles. The van der Waals surface area contributed by atoms with Crippen LogP contribution in [0.15, 0.2) is 84.9 Å². The first-order valence-corrected chi connectivity index (χ1v) is 9.77. The first-order valence-electron chi connectivity index (χ1n) is 9.77. The minimum Gasteiger partial charge on any atom is -0.496 e. The number of imide groups is 1. The van der Waals surface area contributed by atoms with E-state index in [1.807, 2.05) is 60.7 Å². The Morgan fingerprint density at radius 3 is 2.03 bits per heavy atom. The summed E-state index contributed by atoms with van der Waals surface area (Å²) < 4.78 is 5.57. The summed E-state index contributed by atoms with van der Waals surface area (Å²) in [5, 5.41) is 1.67. The molecule has 6 heteroatoms. The van der Waals surface area contributed by atoms with Gasteiger partial charge in [0.05, 0.1) is 24.5 Å². The molecule has 2 aliphatic rings. The zero-order valence-corrected chi connectivity index (χ0v) is 16.3. The minimum absolute atomic E-state index is 0.273. The fourth-order valence-corrected chi connectivity index (χ4v) is 4.27. The molecule has 150 valence electrons. The summed E-state index contributed by atoms with van der Waals surface area (Å²) in [5.74, 6) is -0.666. The molecule has 2 fully saturated rings. The fraction of sp³-hybridized carbons (Fsp3) is 0.167. The van der Waals surface area contributed by atoms with Crippen LogP contribution >= 0.6 is 0 Å². The molecule has 0 spiro atoms. The first-order chi connectivity index (χ1) is 14.7. The van der Waals surface area contributed by atoms with Gasteiger partial charge >= 0.3 is 0 Å². The van der Waals surface area contributed by atoms with Crippen molar-refractivity contribution in [3.63, 3.8) is 0 Å². The maximum atomic E-state index is 13.5. The van der Waals surface area contributed by atoms with Gasteiger partial charge in [-0.05, 0) is 30.3 Å². The van der Waals surface area contributed by atoms with Crippen LogP contribution in [0.5, 0.6) is 5.75 Å². The van der Waals surface area contributed by atoms with Crippen LogP contribution in [-0.4, -0.2) is 25.0 Å². The Bertz CT molecular complexity index is 1090. The van der Waals surface area contributed by atoms with Crippen LogP contribution in [0.25, 0.3) is 0 Å². The van der Waals surface area contributed by atoms with Crippen molar-refractivity contribution < 1.29 is 19.2 Å². The second-order valence-electron chi connectivity index (χ2n) is 7.25. The van der Waals surface area contributed by atoms with Gasteiger partial charge in [-0.1, -0.05) is 54.6 Å². The molecule has 30 heavy (non-hydrogen) atoms. The number of hydroxylamine groups is 1. The van der Waals surface area contributed by atoms with Crippen molar-refractivity contribution in [3.8, 4) is 5.75 Å². The lowest BCUT2D eigenvalue weighted by Gasteiger charge is -2.29. The molecule has 5 rings (SSSR count). The molecule has 0 N–H and O–H groups in total. The molecule has 2 heterocycles. The summed E-state index contributed by atoms with van der Waals surface area (Å²) in [5.41, 5.74) is 2.12. The molecule has 0 aromatic heterocycles. The summed E-state index contributed by atoms with van der Waals surface area (Å²) in [6, 6.07) is 25.5. The molecule has 3 atom stereocenters. The Balaban J connectivity index is 1.62. The summed E-state index contributed by atoms with van der Waals surface area (Å²) >= 11 is 0. The predicted molar refractivity (Wildman–Crippen MR) is 112 cm³/mol. The van der Waals surface area contributed by atoms with Crippen molar-refractivity contribution in [1.82, 2.24) is 0 Å². The van der Waals surface area contributed by atoms with E-state index in [0.717, 1.165) is 11.3 Å². The molecule has 2 amide bonds. The van der Waals surface area contributed by atoms with Gasteiger partial charge < -0.3 is 4.74 Å². The maximum Gasteiger partial charge on any atom is 0.266 e. The molecular weight excluding hydrogens is 380 g/mol. The maximum absolute atomic E-state index is 13.5. The average molecular weight is 400 g/mol. The zero-order chi connectivity index (χ0) is 20.7. The van der Waals surface area contributed by atoms with E-state index >= 15 is 0 Å². The van der Waals surface area contributed by atoms with Crippen molar-refractivity contribution in [2.45, 2.75) is 12.1 Å². The number of nitrogens with zero attached hydrogens (tertiary/aromatic N) is 2. The van der Waals surface area contributed by atoms with E-state index < -0.39 is 18.1 Å². The van der Waals surface area contributed by atoms with Gasteiger partial charge in [0.25, 0.3) is 5.91 Å². The highest BCUT2D eigenvalue weighted by Crippen LogP contribution is 2.49. The third-order valence-electron chi connectivity index (χ3n) is 5.60. The molecule has 6 nitrogen and oxygen atoms in total. The van der Waals surface area contributed by atoms with Crippen LogP contribution in [-0.2, 0) is 14.4 Å². The number of benzene rings is 3. The fourth-order valence-electron chi connectivity index (χ4n) is 4.27. The minimum atomic E-state index is -0.896. The molecule has 2 aliphatic heterocycles. The van der Waals surface area contributed by atoms with Crippen molar-refractivity contribution >= 4 is 23.2 Å². The number of carbonyl (C=O) groups excluding carboxylic acids is 2. The van der Waals surface area contributed by atoms with Gasteiger partial charge in [0.1, 0.15) is 11.7 Å². The second-order valence-corrected chi connectivity index (χ2v) is 7.25. The normalized spacial score (nSPS) is 23.0. The Kier molecular flexibility index (Phi) is 4.48. The topological polar surface area (TPSA) is 59.1 Å². The SMILES string of the molecule is COc1ccccc1[C@H]1[C@H]2C(=O)N(c3ccccc3)C(=O)[C@@H]2ON1c1ccccc1. The number of methoxy groups -OCH3 is 1. The van der Waals surface area contributed by atoms with E-state index in [1.54, 1.807) is 36.4 Å². The Hall–Kier alpha value is -3.64. The first kappa shape index (κ1) is 18.4. The number of rotatable bonds is 4. The summed E-state index contributed by atoms with van der Waals surface area (Å²) in [6.45, 7) is 0. The number of hydrogen-bond donors (Lipinski definition) is 0. The number of carbonyl (C=O) groups is 2. The summed E-state index contributed by atoms with van der Waals surface area (Å²) in [6.07, 6.45) is -0.896. The van der Waals surface area contributed by atoms with E-state index in [4.69, 9.17) is 9.57 Å². The Morgan fingerprint density at radius 1 is 0.767 bits per heavy atom. The lowest BCUT2D eigenvalue weighted by Crippen LogP contribution is -2.37. The zero-order valence-electron chi connectivity index (χ0n) is 16.3. The molecule has 3 aromatic carbocycles. The Labute approximate surface area is 174 Å². The number of hydrogen-bond acceptors (Lipinski definition) is 5. The van der Waals surface area contributed by atoms with Crippen LogP contribution in [0.4, 0.5) is 11.4 Å². The summed E-state index contributed by atoms with van der Waals surface area (Å²) in [7, 11) is 1.59. The van der Waals surface area contributed by atoms with E-state index in [-0.39, 0.29) is 11.8 Å². The van der Waals surface area contributed by atoms with Crippen molar-refractivity contribution in [2.75, 3.05) is 17.1 Å². The van der Waals surface area contributed by atoms with Crippen molar-refractivity contribution in [2.24, 2.45) is 5.92 Å². The lowest BCUT2D eigenvalue weighted by molar-refractivity contribution is -0.126. The van der Waals surface area contributed by atoms with Gasteiger partial charge in [-0.3, -0.25) is 14.4 Å². The van der Waals surface area contributed by atoms with Gasteiger partial charge in [0.2, 0.25) is 5.91 Å². The second kappa shape index (κ2) is 7.31. The predicted octanol–water partition coefficient (Wildman–Crippen LogP) is 3.75. The molecule has 0 radical (unpaired) electrons. The molecule has 0 aliphatic carbocycles. The smallest absolute Gasteiger partial charge is 0.266 e. The van der Waals surface area contributed by atoms with Gasteiger partial charge in [0, 0.05) is 5.56 Å². The molecular formula is C24H20N2O4. The van der Waals surface area contributed by atoms with Crippen LogP contribution < -0.4 is 14.7 Å². The molecule has 0 saturated carbocycles. The largest absolute Gasteiger partial charge is 0.496 e. The highest BCUT2D eigenvalue weighted by atomic mass is 16.7. The number of fused-ring (bicyclic) bond motifs is 1. The molecule has 3 aromatic rings. The van der Waals surface area contributed by atoms with Gasteiger partial charge in [0.15, 0.2) is 6.10 Å². The monoisotopic (exact) mass is 400 g/mol. The van der Waals surface area contributed by atoms with E-state index in [9.17, 15) is 9.59 Å². The standard InChI is InChI=1S/C24H20N2O4/c1-29-19-15-9-8-14-18(19)21-20-22(30-26(21)17-12-6-3-7-13-17)24(28)25(23(20)27)16-10-4-2-5-11-16/h2-15,20-22H,1H3/t20-,21+,22-/m1/s1. The quantitative estimate of drug-likeness (QED) is 0.625. The van der Waals surface area contributed by atoms with Gasteiger partial charge in [-0.15, -0.1) is 0 Å². The van der Waals surface area contributed by atoms with Gasteiger partial charge in [-0.2, -0.15) is 0 Å². The van der Waals surface area contributed by atoms with Gasteiger partial charge in [-0.25, -0.2) is 9.96 Å². The van der Waals surface area contributed by atoms with E-state index in [1.165, 1.54) is 4.90 Å². The van der Waals surface area contributed by atoms with E-state index in [0.29, 0.717) is 11.4 Å². The van der Waals surface area contributed by atoms with Crippen molar-refractivity contribution in [1.29, 1.82) is 0 Å². The highest BCUT2D eigenvalue weighted by Gasteiger charge is 2.60. The third kappa shape index (κ3) is 2.76. The Morgan fingerprint density at radius 2 is 1.37 bits per heavy atom. The number of anilines is 2. The van der Waals surface area contributed by atoms with Crippen molar-refractivity contribution in [3.05, 3.63) is 90.5 Å². The van der Waals surface area contributed by atoms with Crippen LogP contribution in [0, 0.1) is 5.92 Å². The summed E-state index contributed by atoms with van der Waals surface area (Å²) in [4.78, 5) is 34.1. The average Bonchev–Trinajstić information content (AvgIpc) is 3.31. The van der Waals surface area contributed by atoms with E-state index in [2.05, 4.69) is 0 Å². The van der Waals surface area contributed by atoms with Crippen LogP contribution in [0.2, 0.25) is 0 Å². The van der Waals surface area contributed by atoms with Crippen LogP contribution in [0.1, 0.15) is 11.6 Å². The third-order valence-corrected chi connectivity index (χ3v) is 5.60. The molecule has 0 unspecified atom stereocenters. The number of amides is 2. The van der Waals surface area contributed by atoms with Crippen LogP contribution in [0.3, 0.4) is 0 Å². The molecule has 0 bridgehead atoms.